The number of nitrogens with one attached hydrogen (secondary N) is 1. The average molecular weight is 350 g/mol. The van der Waals surface area contributed by atoms with Gasteiger partial charge in [0.15, 0.2) is 0 Å². The number of carbonyl (C=O) groups is 2. The number of aryl methyl sites for hydroxylation is 1. The molecule has 1 aromatic heterocycles. The Hall–Kier alpha value is -2.67. The van der Waals surface area contributed by atoms with Gasteiger partial charge >= 0.3 is 5.97 Å². The number of aromatic nitrogens is 2. The summed E-state index contributed by atoms with van der Waals surface area (Å²) in [5, 5.41) is 7.15. The van der Waals surface area contributed by atoms with Gasteiger partial charge in [0.1, 0.15) is 5.69 Å². The second kappa shape index (κ2) is 7.74. The van der Waals surface area contributed by atoms with E-state index >= 15 is 0 Å². The summed E-state index contributed by atoms with van der Waals surface area (Å²) in [6.45, 7) is 0. The zero-order valence-electron chi connectivity index (χ0n) is 13.2. The quantitative estimate of drug-likeness (QED) is 0.825. The third-order valence-electron chi connectivity index (χ3n) is 3.37. The third-order valence-corrected chi connectivity index (χ3v) is 3.62. The van der Waals surface area contributed by atoms with Gasteiger partial charge in [0.2, 0.25) is 0 Å². The molecule has 1 N–H and O–H groups in total. The van der Waals surface area contributed by atoms with Gasteiger partial charge in [-0.05, 0) is 23.8 Å². The first kappa shape index (κ1) is 17.7. The molecule has 0 saturated carbocycles. The molecule has 0 saturated heterocycles. The maximum absolute atomic E-state index is 12.4. The number of methoxy groups -OCH3 is 1. The highest BCUT2D eigenvalue weighted by Crippen LogP contribution is 2.20. The Labute approximate surface area is 143 Å². The minimum absolute atomic E-state index is 0.0460. The lowest BCUT2D eigenvalue weighted by atomic mass is 10.0. The predicted molar refractivity (Wildman–Crippen MR) is 87.8 cm³/mol. The van der Waals surface area contributed by atoms with Gasteiger partial charge in [-0.2, -0.15) is 5.10 Å². The lowest BCUT2D eigenvalue weighted by molar-refractivity contribution is -0.141. The molecule has 1 unspecified atom stereocenters. The first-order valence-corrected chi connectivity index (χ1v) is 7.46. The van der Waals surface area contributed by atoms with Crippen LogP contribution in [0.4, 0.5) is 0 Å². The third kappa shape index (κ3) is 4.42. The SMILES string of the molecule is COC(=O)CC(NC(=O)c1ccc(=O)n(C)n1)c1ccc(Cl)cc1. The van der Waals surface area contributed by atoms with E-state index in [1.54, 1.807) is 24.3 Å². The van der Waals surface area contributed by atoms with Gasteiger partial charge in [-0.15, -0.1) is 0 Å². The number of hydrogen-bond acceptors (Lipinski definition) is 5. The molecule has 24 heavy (non-hydrogen) atoms. The molecular weight excluding hydrogens is 334 g/mol. The predicted octanol–water partition coefficient (Wildman–Crippen LogP) is 1.47. The summed E-state index contributed by atoms with van der Waals surface area (Å²) in [7, 11) is 2.72. The Morgan fingerprint density at radius 3 is 2.50 bits per heavy atom. The first-order valence-electron chi connectivity index (χ1n) is 7.08. The van der Waals surface area contributed by atoms with Crippen molar-refractivity contribution in [3.63, 3.8) is 0 Å². The van der Waals surface area contributed by atoms with Gasteiger partial charge in [-0.3, -0.25) is 14.4 Å². The summed E-state index contributed by atoms with van der Waals surface area (Å²) in [5.41, 5.74) is 0.444. The molecule has 0 radical (unpaired) electrons. The van der Waals surface area contributed by atoms with Crippen molar-refractivity contribution >= 4 is 23.5 Å². The number of hydrogen-bond donors (Lipinski definition) is 1. The van der Waals surface area contributed by atoms with Crippen molar-refractivity contribution in [2.45, 2.75) is 12.5 Å². The second-order valence-corrected chi connectivity index (χ2v) is 5.47. The van der Waals surface area contributed by atoms with Gasteiger partial charge in [0.25, 0.3) is 11.5 Å². The van der Waals surface area contributed by atoms with Crippen LogP contribution >= 0.6 is 11.6 Å². The van der Waals surface area contributed by atoms with E-state index in [1.165, 1.54) is 26.3 Å². The number of rotatable bonds is 5. The summed E-state index contributed by atoms with van der Waals surface area (Å²) in [5.74, 6) is -0.974. The Bertz CT molecular complexity index is 802. The first-order chi connectivity index (χ1) is 11.4. The van der Waals surface area contributed by atoms with Crippen LogP contribution in [0, 0.1) is 0 Å². The van der Waals surface area contributed by atoms with Crippen LogP contribution in [0.25, 0.3) is 0 Å². The molecule has 1 aromatic carbocycles. The zero-order valence-corrected chi connectivity index (χ0v) is 13.9. The van der Waals surface area contributed by atoms with E-state index in [1.807, 2.05) is 0 Å². The lowest BCUT2D eigenvalue weighted by Crippen LogP contribution is -2.32. The van der Waals surface area contributed by atoms with Crippen molar-refractivity contribution in [2.24, 2.45) is 7.05 Å². The van der Waals surface area contributed by atoms with E-state index in [0.717, 1.165) is 4.68 Å². The monoisotopic (exact) mass is 349 g/mol. The van der Waals surface area contributed by atoms with Gasteiger partial charge in [-0.1, -0.05) is 23.7 Å². The number of amides is 1. The number of esters is 1. The van der Waals surface area contributed by atoms with E-state index in [2.05, 4.69) is 15.2 Å². The zero-order chi connectivity index (χ0) is 17.7. The normalized spacial score (nSPS) is 11.6. The Morgan fingerprint density at radius 2 is 1.92 bits per heavy atom. The average Bonchev–Trinajstić information content (AvgIpc) is 2.57. The number of halogens is 1. The van der Waals surface area contributed by atoms with Gasteiger partial charge in [0, 0.05) is 18.1 Å². The molecule has 1 amide bonds. The van der Waals surface area contributed by atoms with E-state index < -0.39 is 17.9 Å². The topological polar surface area (TPSA) is 90.3 Å². The molecule has 0 fully saturated rings. The fourth-order valence-electron chi connectivity index (χ4n) is 2.05. The van der Waals surface area contributed by atoms with Crippen molar-refractivity contribution in [3.05, 3.63) is 63.0 Å². The summed E-state index contributed by atoms with van der Waals surface area (Å²) in [4.78, 5) is 35.3. The van der Waals surface area contributed by atoms with E-state index in [-0.39, 0.29) is 17.7 Å². The molecule has 1 heterocycles. The largest absolute Gasteiger partial charge is 0.469 e. The Kier molecular flexibility index (Phi) is 5.70. The number of carbonyl (C=O) groups excluding carboxylic acids is 2. The highest BCUT2D eigenvalue weighted by atomic mass is 35.5. The Morgan fingerprint density at radius 1 is 1.25 bits per heavy atom. The summed E-state index contributed by atoms with van der Waals surface area (Å²) in [6.07, 6.45) is -0.0460. The highest BCUT2D eigenvalue weighted by Gasteiger charge is 2.20. The summed E-state index contributed by atoms with van der Waals surface area (Å²) in [6, 6.07) is 8.72. The molecule has 8 heteroatoms. The van der Waals surface area contributed by atoms with Crippen molar-refractivity contribution in [1.82, 2.24) is 15.1 Å². The van der Waals surface area contributed by atoms with Gasteiger partial charge in [0.05, 0.1) is 19.6 Å². The molecule has 0 spiro atoms. The van der Waals surface area contributed by atoms with Crippen LogP contribution in [0.15, 0.2) is 41.2 Å². The molecule has 1 atom stereocenters. The number of nitrogens with zero attached hydrogens (tertiary/aromatic N) is 2. The van der Waals surface area contributed by atoms with Crippen LogP contribution in [0.3, 0.4) is 0 Å². The van der Waals surface area contributed by atoms with E-state index in [4.69, 9.17) is 11.6 Å². The molecule has 0 aliphatic rings. The molecule has 0 bridgehead atoms. The van der Waals surface area contributed by atoms with Crippen molar-refractivity contribution < 1.29 is 14.3 Å². The second-order valence-electron chi connectivity index (χ2n) is 5.04. The van der Waals surface area contributed by atoms with Crippen molar-refractivity contribution in [3.8, 4) is 0 Å². The molecule has 2 aromatic rings. The Balaban J connectivity index is 2.24. The standard InChI is InChI=1S/C16H16ClN3O4/c1-20-14(21)8-7-12(19-20)16(23)18-13(9-15(22)24-2)10-3-5-11(17)6-4-10/h3-8,13H,9H2,1-2H3,(H,18,23). The molecule has 126 valence electrons. The minimum atomic E-state index is -0.610. The van der Waals surface area contributed by atoms with E-state index in [9.17, 15) is 14.4 Å². The van der Waals surface area contributed by atoms with Crippen molar-refractivity contribution in [2.75, 3.05) is 7.11 Å². The smallest absolute Gasteiger partial charge is 0.307 e. The molecule has 0 aliphatic heterocycles. The molecule has 2 rings (SSSR count). The van der Waals surface area contributed by atoms with Crippen LogP contribution in [0.5, 0.6) is 0 Å². The van der Waals surface area contributed by atoms with Crippen LogP contribution in [-0.2, 0) is 16.6 Å². The molecular formula is C16H16ClN3O4. The van der Waals surface area contributed by atoms with Crippen LogP contribution in [-0.4, -0.2) is 28.8 Å². The fraction of sp³-hybridized carbons (Fsp3) is 0.250. The molecule has 7 nitrogen and oxygen atoms in total. The lowest BCUT2D eigenvalue weighted by Gasteiger charge is -2.18. The van der Waals surface area contributed by atoms with Crippen LogP contribution in [0.2, 0.25) is 5.02 Å². The van der Waals surface area contributed by atoms with E-state index in [0.29, 0.717) is 10.6 Å². The molecule has 0 aliphatic carbocycles. The number of ether oxygens (including phenoxy) is 1. The van der Waals surface area contributed by atoms with Gasteiger partial charge < -0.3 is 10.1 Å². The maximum Gasteiger partial charge on any atom is 0.307 e. The van der Waals surface area contributed by atoms with Crippen LogP contribution < -0.4 is 10.9 Å². The fourth-order valence-corrected chi connectivity index (χ4v) is 2.18. The summed E-state index contributed by atoms with van der Waals surface area (Å²) < 4.78 is 5.73. The number of benzene rings is 1. The summed E-state index contributed by atoms with van der Waals surface area (Å²) >= 11 is 5.86. The van der Waals surface area contributed by atoms with Crippen molar-refractivity contribution in [1.29, 1.82) is 0 Å². The minimum Gasteiger partial charge on any atom is -0.469 e. The highest BCUT2D eigenvalue weighted by molar-refractivity contribution is 6.30. The van der Waals surface area contributed by atoms with Gasteiger partial charge in [-0.25, -0.2) is 4.68 Å². The maximum atomic E-state index is 12.4. The van der Waals surface area contributed by atoms with Crippen LogP contribution in [0.1, 0.15) is 28.5 Å².